The van der Waals surface area contributed by atoms with Crippen molar-refractivity contribution < 1.29 is 0 Å². The predicted octanol–water partition coefficient (Wildman–Crippen LogP) is 2.89. The molecular weight excluding hydrogens is 247 g/mol. The Hall–Kier alpha value is -1.39. The van der Waals surface area contributed by atoms with E-state index in [4.69, 9.17) is 23.2 Å². The summed E-state index contributed by atoms with van der Waals surface area (Å²) in [4.78, 5) is 4.25. The Morgan fingerprint density at radius 2 is 2.00 bits per heavy atom. The van der Waals surface area contributed by atoms with Gasteiger partial charge in [-0.2, -0.15) is 5.10 Å². The van der Waals surface area contributed by atoms with Gasteiger partial charge < -0.3 is 5.32 Å². The molecule has 1 N–H and O–H groups in total. The van der Waals surface area contributed by atoms with E-state index in [0.29, 0.717) is 21.7 Å². The molecule has 0 saturated heterocycles. The Morgan fingerprint density at radius 1 is 1.19 bits per heavy atom. The van der Waals surface area contributed by atoms with Crippen LogP contribution < -0.4 is 5.32 Å². The van der Waals surface area contributed by atoms with Gasteiger partial charge in [0.25, 0.3) is 0 Å². The quantitative estimate of drug-likeness (QED) is 0.896. The minimum absolute atomic E-state index is 0.462. The van der Waals surface area contributed by atoms with E-state index in [1.54, 1.807) is 25.4 Å². The fourth-order valence-electron chi connectivity index (χ4n) is 1.20. The summed E-state index contributed by atoms with van der Waals surface area (Å²) < 4.78 is 0. The first-order chi connectivity index (χ1) is 7.70. The summed E-state index contributed by atoms with van der Waals surface area (Å²) in [5.41, 5.74) is 1.54. The molecule has 0 amide bonds. The number of nitrogens with one attached hydrogen (secondary N) is 1. The smallest absolute Gasteiger partial charge is 0.243 e. The van der Waals surface area contributed by atoms with E-state index in [-0.39, 0.29) is 0 Å². The average Bonchev–Trinajstić information content (AvgIpc) is 2.33. The van der Waals surface area contributed by atoms with Crippen LogP contribution in [0, 0.1) is 0 Å². The highest BCUT2D eigenvalue weighted by Crippen LogP contribution is 2.27. The van der Waals surface area contributed by atoms with Crippen molar-refractivity contribution in [3.63, 3.8) is 0 Å². The molecule has 82 valence electrons. The Labute approximate surface area is 103 Å². The number of nitrogens with zero attached hydrogens (tertiary/aromatic N) is 3. The van der Waals surface area contributed by atoms with Gasteiger partial charge >= 0.3 is 0 Å². The van der Waals surface area contributed by atoms with Gasteiger partial charge in [0.2, 0.25) is 5.95 Å². The first kappa shape index (κ1) is 11.1. The van der Waals surface area contributed by atoms with Crippen LogP contribution in [-0.4, -0.2) is 22.2 Å². The summed E-state index contributed by atoms with van der Waals surface area (Å²) in [7, 11) is 1.73. The highest BCUT2D eigenvalue weighted by Gasteiger charge is 2.05. The second kappa shape index (κ2) is 4.63. The third-order valence-electron chi connectivity index (χ3n) is 2.00. The summed E-state index contributed by atoms with van der Waals surface area (Å²) in [6.45, 7) is 0. The molecule has 1 aromatic heterocycles. The number of halogens is 2. The number of rotatable bonds is 2. The zero-order valence-electron chi connectivity index (χ0n) is 8.41. The number of aromatic nitrogens is 3. The molecule has 6 heteroatoms. The summed E-state index contributed by atoms with van der Waals surface area (Å²) in [5, 5.41) is 11.4. The van der Waals surface area contributed by atoms with E-state index >= 15 is 0 Å². The lowest BCUT2D eigenvalue weighted by atomic mass is 10.2. The Morgan fingerprint density at radius 3 is 2.69 bits per heavy atom. The molecule has 0 aliphatic rings. The normalized spacial score (nSPS) is 10.2. The molecule has 4 nitrogen and oxygen atoms in total. The third-order valence-corrected chi connectivity index (χ3v) is 2.74. The number of anilines is 1. The summed E-state index contributed by atoms with van der Waals surface area (Å²) in [6.07, 6.45) is 1.57. The first-order valence-electron chi connectivity index (χ1n) is 4.53. The molecule has 0 spiro atoms. The Kier molecular flexibility index (Phi) is 3.22. The maximum Gasteiger partial charge on any atom is 0.243 e. The maximum absolute atomic E-state index is 5.93. The standard InChI is InChI=1S/C10H8Cl2N4/c1-13-10-15-9(5-14-16-10)6-2-3-7(11)8(12)4-6/h2-5H,1H3,(H,13,15,16). The highest BCUT2D eigenvalue weighted by molar-refractivity contribution is 6.42. The molecule has 1 heterocycles. The largest absolute Gasteiger partial charge is 0.356 e. The van der Waals surface area contributed by atoms with Crippen molar-refractivity contribution in [3.05, 3.63) is 34.4 Å². The molecule has 0 atom stereocenters. The van der Waals surface area contributed by atoms with Gasteiger partial charge in [0.05, 0.1) is 21.9 Å². The fourth-order valence-corrected chi connectivity index (χ4v) is 1.50. The zero-order chi connectivity index (χ0) is 11.5. The van der Waals surface area contributed by atoms with Crippen molar-refractivity contribution in [3.8, 4) is 11.3 Å². The van der Waals surface area contributed by atoms with Gasteiger partial charge in [0, 0.05) is 12.6 Å². The lowest BCUT2D eigenvalue weighted by Crippen LogP contribution is -1.99. The monoisotopic (exact) mass is 254 g/mol. The minimum Gasteiger partial charge on any atom is -0.356 e. The van der Waals surface area contributed by atoms with Crippen LogP contribution in [-0.2, 0) is 0 Å². The Balaban J connectivity index is 2.46. The van der Waals surface area contributed by atoms with Gasteiger partial charge in [0.1, 0.15) is 0 Å². The molecule has 16 heavy (non-hydrogen) atoms. The van der Waals surface area contributed by atoms with Crippen molar-refractivity contribution >= 4 is 29.2 Å². The van der Waals surface area contributed by atoms with Crippen molar-refractivity contribution in [1.29, 1.82) is 0 Å². The number of hydrogen-bond donors (Lipinski definition) is 1. The average molecular weight is 255 g/mol. The third kappa shape index (κ3) is 2.23. The van der Waals surface area contributed by atoms with Crippen molar-refractivity contribution in [2.24, 2.45) is 0 Å². The van der Waals surface area contributed by atoms with E-state index in [0.717, 1.165) is 5.56 Å². The lowest BCUT2D eigenvalue weighted by molar-refractivity contribution is 0.977. The van der Waals surface area contributed by atoms with Crippen molar-refractivity contribution in [2.45, 2.75) is 0 Å². The van der Waals surface area contributed by atoms with E-state index in [2.05, 4.69) is 20.5 Å². The van der Waals surface area contributed by atoms with Gasteiger partial charge in [-0.1, -0.05) is 29.3 Å². The van der Waals surface area contributed by atoms with Gasteiger partial charge in [-0.15, -0.1) is 5.10 Å². The molecular formula is C10H8Cl2N4. The van der Waals surface area contributed by atoms with Gasteiger partial charge in [0.15, 0.2) is 0 Å². The fraction of sp³-hybridized carbons (Fsp3) is 0.100. The molecule has 0 aliphatic carbocycles. The van der Waals surface area contributed by atoms with E-state index in [9.17, 15) is 0 Å². The van der Waals surface area contributed by atoms with E-state index in [1.165, 1.54) is 0 Å². The first-order valence-corrected chi connectivity index (χ1v) is 5.29. The molecule has 0 unspecified atom stereocenters. The molecule has 0 fully saturated rings. The number of benzene rings is 1. The van der Waals surface area contributed by atoms with Gasteiger partial charge in [-0.3, -0.25) is 0 Å². The lowest BCUT2D eigenvalue weighted by Gasteiger charge is -2.03. The van der Waals surface area contributed by atoms with Gasteiger partial charge in [-0.25, -0.2) is 4.98 Å². The van der Waals surface area contributed by atoms with Crippen LogP contribution in [0.2, 0.25) is 10.0 Å². The summed E-state index contributed by atoms with van der Waals surface area (Å²) >= 11 is 11.8. The highest BCUT2D eigenvalue weighted by atomic mass is 35.5. The Bertz CT molecular complexity index is 516. The van der Waals surface area contributed by atoms with Crippen LogP contribution in [0.1, 0.15) is 0 Å². The zero-order valence-corrected chi connectivity index (χ0v) is 9.92. The van der Waals surface area contributed by atoms with E-state index < -0.39 is 0 Å². The molecule has 0 bridgehead atoms. The molecule has 0 radical (unpaired) electrons. The number of hydrogen-bond acceptors (Lipinski definition) is 4. The van der Waals surface area contributed by atoms with Crippen LogP contribution in [0.3, 0.4) is 0 Å². The topological polar surface area (TPSA) is 50.7 Å². The molecule has 0 aliphatic heterocycles. The van der Waals surface area contributed by atoms with Crippen LogP contribution in [0.15, 0.2) is 24.4 Å². The SMILES string of the molecule is CNc1nncc(-c2ccc(Cl)c(Cl)c2)n1. The predicted molar refractivity (Wildman–Crippen MR) is 64.8 cm³/mol. The van der Waals surface area contributed by atoms with Gasteiger partial charge in [-0.05, 0) is 12.1 Å². The second-order valence-corrected chi connectivity index (χ2v) is 3.86. The maximum atomic E-state index is 5.93. The molecule has 1 aromatic carbocycles. The minimum atomic E-state index is 0.462. The summed E-state index contributed by atoms with van der Waals surface area (Å²) in [5.74, 6) is 0.462. The van der Waals surface area contributed by atoms with Crippen molar-refractivity contribution in [1.82, 2.24) is 15.2 Å². The molecule has 2 aromatic rings. The van der Waals surface area contributed by atoms with Crippen LogP contribution in [0.5, 0.6) is 0 Å². The second-order valence-electron chi connectivity index (χ2n) is 3.04. The van der Waals surface area contributed by atoms with Crippen LogP contribution >= 0.6 is 23.2 Å². The summed E-state index contributed by atoms with van der Waals surface area (Å²) in [6, 6.07) is 5.30. The molecule has 0 saturated carbocycles. The van der Waals surface area contributed by atoms with Crippen molar-refractivity contribution in [2.75, 3.05) is 12.4 Å². The van der Waals surface area contributed by atoms with E-state index in [1.807, 2.05) is 6.07 Å². The van der Waals surface area contributed by atoms with Crippen LogP contribution in [0.25, 0.3) is 11.3 Å². The molecule has 2 rings (SSSR count). The van der Waals surface area contributed by atoms with Crippen LogP contribution in [0.4, 0.5) is 5.95 Å².